The number of piperidine rings is 1. The second-order valence-corrected chi connectivity index (χ2v) is 10.2. The summed E-state index contributed by atoms with van der Waals surface area (Å²) in [6.45, 7) is 2.45. The number of carbonyl (C=O) groups excluding carboxylic acids is 1. The molecule has 0 radical (unpaired) electrons. The predicted molar refractivity (Wildman–Crippen MR) is 120 cm³/mol. The number of nitrogens with one attached hydrogen (secondary N) is 1. The molecule has 0 aliphatic carbocycles. The molecule has 4 rings (SSSR count). The van der Waals surface area contributed by atoms with Crippen molar-refractivity contribution in [1.29, 1.82) is 0 Å². The van der Waals surface area contributed by atoms with Gasteiger partial charge in [-0.15, -0.1) is 5.10 Å². The first-order valence-electron chi connectivity index (χ1n) is 10.3. The molecule has 1 amide bonds. The summed E-state index contributed by atoms with van der Waals surface area (Å²) >= 11 is 5.86. The Labute approximate surface area is 191 Å². The molecule has 1 saturated heterocycles. The summed E-state index contributed by atoms with van der Waals surface area (Å²) in [5.41, 5.74) is 2.18. The number of rotatable bonds is 6. The van der Waals surface area contributed by atoms with Crippen molar-refractivity contribution in [2.24, 2.45) is 5.92 Å². The number of aryl methyl sites for hydroxylation is 1. The topological polar surface area (TPSA) is 105 Å². The molecule has 10 heteroatoms. The Bertz CT molecular complexity index is 1190. The van der Waals surface area contributed by atoms with Gasteiger partial charge in [-0.1, -0.05) is 46.5 Å². The van der Waals surface area contributed by atoms with Gasteiger partial charge < -0.3 is 4.42 Å². The molecular weight excluding hydrogens is 452 g/mol. The van der Waals surface area contributed by atoms with E-state index in [0.29, 0.717) is 36.7 Å². The molecule has 1 fully saturated rings. The van der Waals surface area contributed by atoms with Gasteiger partial charge in [0.15, 0.2) is 0 Å². The fourth-order valence-electron chi connectivity index (χ4n) is 3.59. The third-order valence-corrected chi connectivity index (χ3v) is 7.51. The molecule has 1 aliphatic heterocycles. The molecule has 1 aliphatic rings. The van der Waals surface area contributed by atoms with Crippen LogP contribution in [0.25, 0.3) is 0 Å². The lowest BCUT2D eigenvalue weighted by molar-refractivity contribution is -0.121. The first-order valence-corrected chi connectivity index (χ1v) is 12.1. The molecule has 0 spiro atoms. The van der Waals surface area contributed by atoms with E-state index in [1.807, 2.05) is 31.2 Å². The average Bonchev–Trinajstić information content (AvgIpc) is 3.22. The lowest BCUT2D eigenvalue weighted by atomic mass is 9.99. The molecular formula is C22H23ClN4O4S. The van der Waals surface area contributed by atoms with Gasteiger partial charge in [0.1, 0.15) is 0 Å². The summed E-state index contributed by atoms with van der Waals surface area (Å²) in [7, 11) is -3.71. The Morgan fingerprint density at radius 3 is 2.59 bits per heavy atom. The summed E-state index contributed by atoms with van der Waals surface area (Å²) in [5, 5.41) is 11.0. The van der Waals surface area contributed by atoms with Gasteiger partial charge in [0.2, 0.25) is 21.8 Å². The van der Waals surface area contributed by atoms with Crippen LogP contribution in [0.5, 0.6) is 0 Å². The Morgan fingerprint density at radius 2 is 1.88 bits per heavy atom. The van der Waals surface area contributed by atoms with Crippen LogP contribution in [0.1, 0.15) is 29.9 Å². The van der Waals surface area contributed by atoms with Gasteiger partial charge in [-0.2, -0.15) is 4.31 Å². The highest BCUT2D eigenvalue weighted by atomic mass is 35.5. The van der Waals surface area contributed by atoms with Gasteiger partial charge in [-0.3, -0.25) is 10.1 Å². The number of amides is 1. The van der Waals surface area contributed by atoms with Crippen molar-refractivity contribution >= 4 is 33.5 Å². The van der Waals surface area contributed by atoms with Crippen LogP contribution >= 0.6 is 11.6 Å². The van der Waals surface area contributed by atoms with Crippen molar-refractivity contribution in [1.82, 2.24) is 14.5 Å². The smallest absolute Gasteiger partial charge is 0.322 e. The first-order chi connectivity index (χ1) is 15.3. The number of anilines is 1. The van der Waals surface area contributed by atoms with Crippen LogP contribution in [0.4, 0.5) is 6.01 Å². The molecule has 3 aromatic rings. The van der Waals surface area contributed by atoms with Crippen LogP contribution in [0.3, 0.4) is 0 Å². The van der Waals surface area contributed by atoms with Crippen LogP contribution in [-0.2, 0) is 21.2 Å². The zero-order valence-electron chi connectivity index (χ0n) is 17.5. The number of benzene rings is 2. The van der Waals surface area contributed by atoms with Crippen LogP contribution in [0.15, 0.2) is 57.8 Å². The zero-order chi connectivity index (χ0) is 22.7. The fourth-order valence-corrected chi connectivity index (χ4v) is 5.24. The molecule has 32 heavy (non-hydrogen) atoms. The van der Waals surface area contributed by atoms with Crippen LogP contribution in [0, 0.1) is 12.8 Å². The van der Waals surface area contributed by atoms with Crippen molar-refractivity contribution in [3.8, 4) is 0 Å². The molecule has 1 aromatic heterocycles. The maximum Gasteiger partial charge on any atom is 0.322 e. The number of hydrogen-bond donors (Lipinski definition) is 1. The number of aromatic nitrogens is 2. The normalized spacial score (nSPS) is 17.2. The van der Waals surface area contributed by atoms with Crippen LogP contribution in [0.2, 0.25) is 5.02 Å². The van der Waals surface area contributed by atoms with Crippen LogP contribution < -0.4 is 5.32 Å². The highest BCUT2D eigenvalue weighted by Crippen LogP contribution is 2.25. The number of sulfonamides is 1. The second kappa shape index (κ2) is 9.40. The third kappa shape index (κ3) is 5.17. The molecule has 0 saturated carbocycles. The summed E-state index contributed by atoms with van der Waals surface area (Å²) in [4.78, 5) is 12.9. The van der Waals surface area contributed by atoms with Gasteiger partial charge in [-0.25, -0.2) is 8.42 Å². The van der Waals surface area contributed by atoms with E-state index in [9.17, 15) is 13.2 Å². The minimum Gasteiger partial charge on any atom is -0.407 e. The van der Waals surface area contributed by atoms with Crippen molar-refractivity contribution in [2.45, 2.75) is 31.1 Å². The fraction of sp³-hybridized carbons (Fsp3) is 0.318. The lowest BCUT2D eigenvalue weighted by Crippen LogP contribution is -2.43. The van der Waals surface area contributed by atoms with Gasteiger partial charge in [-0.05, 0) is 49.6 Å². The third-order valence-electron chi connectivity index (χ3n) is 5.38. The number of hydrogen-bond acceptors (Lipinski definition) is 6. The molecule has 0 bridgehead atoms. The molecule has 2 heterocycles. The predicted octanol–water partition coefficient (Wildman–Crippen LogP) is 3.66. The van der Waals surface area contributed by atoms with Crippen molar-refractivity contribution in [3.63, 3.8) is 0 Å². The summed E-state index contributed by atoms with van der Waals surface area (Å²) in [6.07, 6.45) is 1.61. The molecule has 1 atom stereocenters. The second-order valence-electron chi connectivity index (χ2n) is 7.81. The van der Waals surface area contributed by atoms with Gasteiger partial charge in [0.05, 0.1) is 17.2 Å². The Morgan fingerprint density at radius 1 is 1.16 bits per heavy atom. The molecule has 8 nitrogen and oxygen atoms in total. The highest BCUT2D eigenvalue weighted by molar-refractivity contribution is 7.89. The first kappa shape index (κ1) is 22.4. The molecule has 1 unspecified atom stereocenters. The number of nitrogens with zero attached hydrogens (tertiary/aromatic N) is 3. The van der Waals surface area contributed by atoms with E-state index in [4.69, 9.17) is 16.0 Å². The van der Waals surface area contributed by atoms with E-state index in [0.717, 1.165) is 11.1 Å². The van der Waals surface area contributed by atoms with E-state index in [2.05, 4.69) is 15.5 Å². The summed E-state index contributed by atoms with van der Waals surface area (Å²) < 4.78 is 32.8. The average molecular weight is 475 g/mol. The summed E-state index contributed by atoms with van der Waals surface area (Å²) in [6, 6.07) is 14.0. The molecule has 168 valence electrons. The Kier molecular flexibility index (Phi) is 6.59. The highest BCUT2D eigenvalue weighted by Gasteiger charge is 2.33. The van der Waals surface area contributed by atoms with Crippen molar-refractivity contribution < 1.29 is 17.6 Å². The number of carbonyl (C=O) groups is 1. The van der Waals surface area contributed by atoms with Gasteiger partial charge in [0.25, 0.3) is 0 Å². The van der Waals surface area contributed by atoms with Crippen molar-refractivity contribution in [2.75, 3.05) is 18.4 Å². The zero-order valence-corrected chi connectivity index (χ0v) is 19.1. The maximum atomic E-state index is 12.9. The molecule has 1 N–H and O–H groups in total. The van der Waals surface area contributed by atoms with Crippen molar-refractivity contribution in [3.05, 3.63) is 70.6 Å². The minimum absolute atomic E-state index is 0.00907. The van der Waals surface area contributed by atoms with E-state index >= 15 is 0 Å². The SMILES string of the molecule is Cc1ccc(Cc2nnc(NC(=O)C3CCCN(S(=O)(=O)c4ccc(Cl)cc4)C3)o2)cc1. The van der Waals surface area contributed by atoms with E-state index < -0.39 is 15.9 Å². The van der Waals surface area contributed by atoms with E-state index in [1.54, 1.807) is 0 Å². The largest absolute Gasteiger partial charge is 0.407 e. The minimum atomic E-state index is -3.71. The van der Waals surface area contributed by atoms with Gasteiger partial charge in [0, 0.05) is 18.1 Å². The maximum absolute atomic E-state index is 12.9. The Balaban J connectivity index is 1.39. The number of halogens is 1. The van der Waals surface area contributed by atoms with E-state index in [-0.39, 0.29) is 23.4 Å². The summed E-state index contributed by atoms with van der Waals surface area (Å²) in [5.74, 6) is -0.468. The Hall–Kier alpha value is -2.75. The van der Waals surface area contributed by atoms with E-state index in [1.165, 1.54) is 28.6 Å². The lowest BCUT2D eigenvalue weighted by Gasteiger charge is -2.30. The molecule has 2 aromatic carbocycles. The quantitative estimate of drug-likeness (QED) is 0.584. The van der Waals surface area contributed by atoms with Gasteiger partial charge >= 0.3 is 6.01 Å². The van der Waals surface area contributed by atoms with Crippen LogP contribution in [-0.4, -0.2) is 41.9 Å². The standard InChI is InChI=1S/C22H23ClN4O4S/c1-15-4-6-16(7-5-15)13-20-25-26-22(31-20)24-21(28)17-3-2-12-27(14-17)32(29,30)19-10-8-18(23)9-11-19/h4-11,17H,2-3,12-14H2,1H3,(H,24,26,28). The monoisotopic (exact) mass is 474 g/mol.